The molecule has 0 bridgehead atoms. The summed E-state index contributed by atoms with van der Waals surface area (Å²) in [4.78, 5) is 23.4. The van der Waals surface area contributed by atoms with Gasteiger partial charge in [-0.3, -0.25) is 4.79 Å². The van der Waals surface area contributed by atoms with Crippen molar-refractivity contribution in [2.24, 2.45) is 28.3 Å². The summed E-state index contributed by atoms with van der Waals surface area (Å²) in [6.45, 7) is 4.36. The van der Waals surface area contributed by atoms with Gasteiger partial charge in [-0.05, 0) is 102 Å². The third kappa shape index (κ3) is 4.06. The van der Waals surface area contributed by atoms with Gasteiger partial charge >= 0.3 is 0 Å². The second-order valence-corrected chi connectivity index (χ2v) is 12.3. The average molecular weight is 547 g/mol. The number of fused-ring (bicyclic) bond motifs is 5. The van der Waals surface area contributed by atoms with E-state index in [9.17, 15) is 9.90 Å². The van der Waals surface area contributed by atoms with Gasteiger partial charge in [-0.15, -0.1) is 11.3 Å². The molecular formula is C26H32BrN3O3S. The Balaban J connectivity index is 1.39. The number of hydrogen-bond acceptors (Lipinski definition) is 6. The molecule has 1 amide bonds. The number of benzene rings is 1. The third-order valence-electron chi connectivity index (χ3n) is 8.51. The molecule has 0 spiro atoms. The molecule has 2 saturated carbocycles. The number of thiazole rings is 1. The molecule has 3 aliphatic rings. The van der Waals surface area contributed by atoms with Crippen LogP contribution in [0.5, 0.6) is 5.75 Å². The van der Waals surface area contributed by atoms with Crippen molar-refractivity contribution >= 4 is 44.0 Å². The maximum absolute atomic E-state index is 12.7. The van der Waals surface area contributed by atoms with Crippen LogP contribution in [0.1, 0.15) is 67.4 Å². The van der Waals surface area contributed by atoms with E-state index in [1.165, 1.54) is 22.5 Å². The van der Waals surface area contributed by atoms with Crippen molar-refractivity contribution in [3.05, 3.63) is 38.8 Å². The van der Waals surface area contributed by atoms with Crippen LogP contribution in [0, 0.1) is 30.1 Å². The molecule has 2 N–H and O–H groups in total. The van der Waals surface area contributed by atoms with E-state index in [2.05, 4.69) is 44.4 Å². The largest absolute Gasteiger partial charge is 0.507 e. The number of amides is 1. The molecule has 2 fully saturated rings. The number of anilines is 1. The topological polar surface area (TPSA) is 83.8 Å². The Morgan fingerprint density at radius 1 is 1.41 bits per heavy atom. The van der Waals surface area contributed by atoms with Gasteiger partial charge in [0.2, 0.25) is 5.91 Å². The zero-order valence-electron chi connectivity index (χ0n) is 19.9. The number of carbonyl (C=O) groups is 1. The van der Waals surface area contributed by atoms with Crippen molar-refractivity contribution in [1.82, 2.24) is 4.98 Å². The van der Waals surface area contributed by atoms with E-state index >= 15 is 0 Å². The number of nitrogens with one attached hydrogen (secondary N) is 1. The summed E-state index contributed by atoms with van der Waals surface area (Å²) in [6.07, 6.45) is 8.26. The average Bonchev–Trinajstić information content (AvgIpc) is 3.34. The highest BCUT2D eigenvalue weighted by atomic mass is 79.9. The minimum absolute atomic E-state index is 0.0103. The van der Waals surface area contributed by atoms with Crippen LogP contribution in [-0.2, 0) is 16.1 Å². The van der Waals surface area contributed by atoms with Crippen LogP contribution in [0.15, 0.2) is 28.0 Å². The number of aryl methyl sites for hydroxylation is 1. The molecule has 0 aliphatic heterocycles. The van der Waals surface area contributed by atoms with E-state index in [1.807, 2.05) is 13.0 Å². The monoisotopic (exact) mass is 545 g/mol. The van der Waals surface area contributed by atoms with Crippen LogP contribution in [0.2, 0.25) is 0 Å². The molecule has 182 valence electrons. The molecule has 5 atom stereocenters. The molecule has 8 heteroatoms. The standard InChI is InChI=1S/C26H32BrN3O3S/c1-14-13-28-25(34-14)29-22(32)9-4-15-12-21(30-33-3)26(2)11-10-17-16-7-8-20(31)24(27)19(16)6-5-18(17)23(15)26/h7-8,13,15,17-18,23,31H,4-6,9-12H2,1-3H3,(H,28,29,32). The molecule has 5 unspecified atom stereocenters. The summed E-state index contributed by atoms with van der Waals surface area (Å²) >= 11 is 5.14. The Kier molecular flexibility index (Phi) is 6.48. The van der Waals surface area contributed by atoms with Gasteiger partial charge in [0, 0.05) is 22.9 Å². The van der Waals surface area contributed by atoms with Crippen LogP contribution in [-0.4, -0.2) is 28.8 Å². The zero-order chi connectivity index (χ0) is 24.0. The second-order valence-electron chi connectivity index (χ2n) is 10.3. The number of aromatic hydroxyl groups is 1. The number of oxime groups is 1. The van der Waals surface area contributed by atoms with E-state index < -0.39 is 0 Å². The molecule has 34 heavy (non-hydrogen) atoms. The van der Waals surface area contributed by atoms with E-state index in [1.54, 1.807) is 13.3 Å². The van der Waals surface area contributed by atoms with E-state index in [4.69, 9.17) is 4.84 Å². The van der Waals surface area contributed by atoms with Crippen molar-refractivity contribution in [3.63, 3.8) is 0 Å². The summed E-state index contributed by atoms with van der Waals surface area (Å²) < 4.78 is 0.857. The number of phenolic OH excluding ortho intramolecular Hbond substituents is 1. The highest BCUT2D eigenvalue weighted by Gasteiger charge is 2.57. The zero-order valence-corrected chi connectivity index (χ0v) is 22.3. The maximum Gasteiger partial charge on any atom is 0.226 e. The number of phenols is 1. The number of halogens is 1. The first-order valence-corrected chi connectivity index (χ1v) is 13.8. The Bertz CT molecular complexity index is 1130. The minimum atomic E-state index is 0.0103. The predicted molar refractivity (Wildman–Crippen MR) is 138 cm³/mol. The fraction of sp³-hybridized carbons (Fsp3) is 0.577. The van der Waals surface area contributed by atoms with Crippen molar-refractivity contribution in [3.8, 4) is 5.75 Å². The van der Waals surface area contributed by atoms with Gasteiger partial charge in [-0.1, -0.05) is 18.1 Å². The Morgan fingerprint density at radius 3 is 2.97 bits per heavy atom. The highest BCUT2D eigenvalue weighted by molar-refractivity contribution is 9.10. The van der Waals surface area contributed by atoms with Crippen molar-refractivity contribution in [1.29, 1.82) is 0 Å². The molecule has 2 aromatic rings. The lowest BCUT2D eigenvalue weighted by molar-refractivity contribution is -0.116. The molecule has 0 radical (unpaired) electrons. The number of rotatable bonds is 5. The van der Waals surface area contributed by atoms with Crippen LogP contribution < -0.4 is 5.32 Å². The summed E-state index contributed by atoms with van der Waals surface area (Å²) in [5.74, 6) is 2.26. The van der Waals surface area contributed by atoms with Crippen molar-refractivity contribution in [2.45, 2.75) is 64.7 Å². The van der Waals surface area contributed by atoms with Crippen LogP contribution in [0.3, 0.4) is 0 Å². The first-order valence-electron chi connectivity index (χ1n) is 12.1. The van der Waals surface area contributed by atoms with Gasteiger partial charge in [0.1, 0.15) is 12.9 Å². The van der Waals surface area contributed by atoms with Crippen LogP contribution >= 0.6 is 27.3 Å². The van der Waals surface area contributed by atoms with Gasteiger partial charge in [0.05, 0.1) is 10.2 Å². The summed E-state index contributed by atoms with van der Waals surface area (Å²) in [7, 11) is 1.63. The molecule has 1 aromatic carbocycles. The summed E-state index contributed by atoms with van der Waals surface area (Å²) in [5.41, 5.74) is 3.83. The fourth-order valence-electron chi connectivity index (χ4n) is 7.12. The molecular weight excluding hydrogens is 514 g/mol. The predicted octanol–water partition coefficient (Wildman–Crippen LogP) is 6.42. The first-order chi connectivity index (χ1) is 16.3. The number of hydrogen-bond donors (Lipinski definition) is 2. The number of carbonyl (C=O) groups excluding carboxylic acids is 1. The third-order valence-corrected chi connectivity index (χ3v) is 10.2. The molecule has 5 rings (SSSR count). The Labute approximate surface area is 213 Å². The molecule has 3 aliphatic carbocycles. The van der Waals surface area contributed by atoms with E-state index in [0.29, 0.717) is 41.0 Å². The summed E-state index contributed by atoms with van der Waals surface area (Å²) in [5, 5.41) is 18.4. The number of aromatic nitrogens is 1. The van der Waals surface area contributed by atoms with E-state index in [-0.39, 0.29) is 11.3 Å². The SMILES string of the molecule is CON=C1CC(CCC(=O)Nc2ncc(C)s2)C2C3CCc4c(ccc(O)c4Br)C3CCC12C. The van der Waals surface area contributed by atoms with Gasteiger partial charge in [0.25, 0.3) is 0 Å². The van der Waals surface area contributed by atoms with Crippen LogP contribution in [0.25, 0.3) is 0 Å². The number of nitrogens with zero attached hydrogens (tertiary/aromatic N) is 2. The Hall–Kier alpha value is -1.93. The smallest absolute Gasteiger partial charge is 0.226 e. The maximum atomic E-state index is 12.7. The van der Waals surface area contributed by atoms with Gasteiger partial charge in [-0.25, -0.2) is 4.98 Å². The first kappa shape index (κ1) is 23.8. The normalized spacial score (nSPS) is 31.0. The van der Waals surface area contributed by atoms with Crippen LogP contribution in [0.4, 0.5) is 5.13 Å². The summed E-state index contributed by atoms with van der Waals surface area (Å²) in [6, 6.07) is 3.96. The lowest BCUT2D eigenvalue weighted by atomic mass is 9.54. The second kappa shape index (κ2) is 9.26. The lowest BCUT2D eigenvalue weighted by Crippen LogP contribution is -2.44. The molecule has 1 heterocycles. The fourth-order valence-corrected chi connectivity index (χ4v) is 8.36. The van der Waals surface area contributed by atoms with Gasteiger partial charge in [-0.2, -0.15) is 0 Å². The van der Waals surface area contributed by atoms with Gasteiger partial charge in [0.15, 0.2) is 5.13 Å². The molecule has 1 aromatic heterocycles. The Morgan fingerprint density at radius 2 is 2.24 bits per heavy atom. The van der Waals surface area contributed by atoms with E-state index in [0.717, 1.165) is 53.6 Å². The quantitative estimate of drug-likeness (QED) is 0.424. The van der Waals surface area contributed by atoms with Gasteiger partial charge < -0.3 is 15.3 Å². The molecule has 0 saturated heterocycles. The lowest BCUT2D eigenvalue weighted by Gasteiger charge is -2.50. The highest BCUT2D eigenvalue weighted by Crippen LogP contribution is 2.63. The van der Waals surface area contributed by atoms with Crippen molar-refractivity contribution < 1.29 is 14.7 Å². The minimum Gasteiger partial charge on any atom is -0.507 e. The van der Waals surface area contributed by atoms with Crippen molar-refractivity contribution in [2.75, 3.05) is 12.4 Å². The molecule has 6 nitrogen and oxygen atoms in total.